The Hall–Kier alpha value is -0.640. The molecule has 1 fully saturated rings. The van der Waals surface area contributed by atoms with Gasteiger partial charge >= 0.3 is 0 Å². The van der Waals surface area contributed by atoms with Crippen molar-refractivity contribution in [3.05, 3.63) is 44.8 Å². The molecule has 0 radical (unpaired) electrons. The van der Waals surface area contributed by atoms with Gasteiger partial charge in [0, 0.05) is 9.75 Å². The second-order valence-electron chi connectivity index (χ2n) is 4.67. The van der Waals surface area contributed by atoms with E-state index in [1.54, 1.807) is 0 Å². The van der Waals surface area contributed by atoms with Crippen molar-refractivity contribution >= 4 is 22.7 Å². The summed E-state index contributed by atoms with van der Waals surface area (Å²) in [6, 6.07) is 9.18. The third kappa shape index (κ3) is 2.62. The van der Waals surface area contributed by atoms with Crippen molar-refractivity contribution < 1.29 is 0 Å². The first-order valence-corrected chi connectivity index (χ1v) is 7.99. The highest BCUT2D eigenvalue weighted by molar-refractivity contribution is 7.11. The lowest BCUT2D eigenvalue weighted by molar-refractivity contribution is 0.296. The predicted molar refractivity (Wildman–Crippen MR) is 75.8 cm³/mol. The van der Waals surface area contributed by atoms with E-state index in [4.69, 9.17) is 0 Å². The Morgan fingerprint density at radius 2 is 1.76 bits per heavy atom. The fraction of sp³-hybridized carbons (Fsp3) is 0.429. The maximum absolute atomic E-state index is 3.75. The van der Waals surface area contributed by atoms with Crippen molar-refractivity contribution in [1.82, 2.24) is 5.32 Å². The molecule has 0 aliphatic heterocycles. The Balaban J connectivity index is 1.72. The first-order chi connectivity index (χ1) is 8.43. The van der Waals surface area contributed by atoms with E-state index in [2.05, 4.69) is 40.3 Å². The van der Waals surface area contributed by atoms with Crippen molar-refractivity contribution in [2.75, 3.05) is 6.54 Å². The lowest BCUT2D eigenvalue weighted by Crippen LogP contribution is -2.30. The normalized spacial score (nSPS) is 16.3. The number of hydrogen-bond acceptors (Lipinski definition) is 3. The van der Waals surface area contributed by atoms with Crippen LogP contribution in [-0.2, 0) is 0 Å². The van der Waals surface area contributed by atoms with E-state index in [9.17, 15) is 0 Å². The molecule has 1 saturated carbocycles. The van der Waals surface area contributed by atoms with Gasteiger partial charge in [0.25, 0.3) is 0 Å². The van der Waals surface area contributed by atoms with Crippen LogP contribution < -0.4 is 5.32 Å². The minimum Gasteiger partial charge on any atom is -0.305 e. The molecular weight excluding hydrogens is 246 g/mol. The van der Waals surface area contributed by atoms with E-state index < -0.39 is 0 Å². The zero-order valence-corrected chi connectivity index (χ0v) is 11.4. The summed E-state index contributed by atoms with van der Waals surface area (Å²) < 4.78 is 0. The van der Waals surface area contributed by atoms with Crippen molar-refractivity contribution in [2.45, 2.75) is 25.3 Å². The van der Waals surface area contributed by atoms with Gasteiger partial charge in [-0.15, -0.1) is 22.7 Å². The maximum Gasteiger partial charge on any atom is 0.0764 e. The summed E-state index contributed by atoms with van der Waals surface area (Å²) in [6.07, 6.45) is 4.25. The highest BCUT2D eigenvalue weighted by Gasteiger charge is 2.21. The maximum atomic E-state index is 3.75. The summed E-state index contributed by atoms with van der Waals surface area (Å²) in [5.41, 5.74) is 0. The molecule has 1 nitrogen and oxygen atoms in total. The molecule has 0 atom stereocenters. The van der Waals surface area contributed by atoms with E-state index in [1.807, 2.05) is 22.7 Å². The van der Waals surface area contributed by atoms with Crippen molar-refractivity contribution in [3.63, 3.8) is 0 Å². The van der Waals surface area contributed by atoms with Gasteiger partial charge in [0.15, 0.2) is 0 Å². The van der Waals surface area contributed by atoms with Crippen molar-refractivity contribution in [1.29, 1.82) is 0 Å². The third-order valence-electron chi connectivity index (χ3n) is 3.49. The average molecular weight is 263 g/mol. The first kappa shape index (κ1) is 11.5. The van der Waals surface area contributed by atoms with Crippen LogP contribution >= 0.6 is 22.7 Å². The average Bonchev–Trinajstić information content (AvgIpc) is 2.94. The topological polar surface area (TPSA) is 12.0 Å². The number of nitrogens with one attached hydrogen (secondary N) is 1. The summed E-state index contributed by atoms with van der Waals surface area (Å²) in [6.45, 7) is 1.17. The smallest absolute Gasteiger partial charge is 0.0764 e. The summed E-state index contributed by atoms with van der Waals surface area (Å²) in [4.78, 5) is 2.87. The summed E-state index contributed by atoms with van der Waals surface area (Å²) >= 11 is 3.70. The van der Waals surface area contributed by atoms with E-state index >= 15 is 0 Å². The van der Waals surface area contributed by atoms with Gasteiger partial charge in [0.05, 0.1) is 6.04 Å². The SMILES string of the molecule is c1csc(C(NCC2CCC2)c2cccs2)c1. The molecule has 2 heterocycles. The second kappa shape index (κ2) is 5.34. The second-order valence-corrected chi connectivity index (χ2v) is 6.63. The highest BCUT2D eigenvalue weighted by atomic mass is 32.1. The number of rotatable bonds is 5. The molecule has 90 valence electrons. The molecule has 0 bridgehead atoms. The largest absolute Gasteiger partial charge is 0.305 e. The van der Waals surface area contributed by atoms with Crippen LogP contribution in [0.4, 0.5) is 0 Å². The van der Waals surface area contributed by atoms with Gasteiger partial charge < -0.3 is 5.32 Å². The Labute approximate surface area is 111 Å². The molecule has 1 N–H and O–H groups in total. The number of thiophene rings is 2. The quantitative estimate of drug-likeness (QED) is 0.848. The van der Waals surface area contributed by atoms with Crippen LogP contribution in [0.25, 0.3) is 0 Å². The minimum atomic E-state index is 0.413. The predicted octanol–water partition coefficient (Wildman–Crippen LogP) is 4.29. The molecule has 0 saturated heterocycles. The molecule has 0 unspecified atom stereocenters. The van der Waals surface area contributed by atoms with Gasteiger partial charge in [-0.1, -0.05) is 18.6 Å². The third-order valence-corrected chi connectivity index (χ3v) is 5.37. The fourth-order valence-electron chi connectivity index (χ4n) is 2.23. The Bertz CT molecular complexity index is 395. The molecule has 2 aromatic heterocycles. The molecule has 17 heavy (non-hydrogen) atoms. The van der Waals surface area contributed by atoms with E-state index in [0.29, 0.717) is 6.04 Å². The van der Waals surface area contributed by atoms with Crippen LogP contribution in [0.15, 0.2) is 35.0 Å². The fourth-order valence-corrected chi connectivity index (χ4v) is 3.94. The van der Waals surface area contributed by atoms with Crippen LogP contribution in [0.5, 0.6) is 0 Å². The van der Waals surface area contributed by atoms with Gasteiger partial charge in [-0.3, -0.25) is 0 Å². The Morgan fingerprint density at radius 1 is 1.12 bits per heavy atom. The summed E-state index contributed by atoms with van der Waals surface area (Å²) in [7, 11) is 0. The van der Waals surface area contributed by atoms with Crippen molar-refractivity contribution in [3.8, 4) is 0 Å². The highest BCUT2D eigenvalue weighted by Crippen LogP contribution is 2.31. The minimum absolute atomic E-state index is 0.413. The number of hydrogen-bond donors (Lipinski definition) is 1. The van der Waals surface area contributed by atoms with Crippen LogP contribution in [0, 0.1) is 5.92 Å². The van der Waals surface area contributed by atoms with Crippen LogP contribution in [-0.4, -0.2) is 6.54 Å². The van der Waals surface area contributed by atoms with Gasteiger partial charge in [-0.05, 0) is 48.2 Å². The van der Waals surface area contributed by atoms with Crippen molar-refractivity contribution in [2.24, 2.45) is 5.92 Å². The summed E-state index contributed by atoms with van der Waals surface area (Å²) in [5, 5.41) is 8.08. The van der Waals surface area contributed by atoms with Gasteiger partial charge in [0.1, 0.15) is 0 Å². The Kier molecular flexibility index (Phi) is 3.60. The molecule has 3 rings (SSSR count). The lowest BCUT2D eigenvalue weighted by atomic mass is 9.85. The van der Waals surface area contributed by atoms with Crippen LogP contribution in [0.3, 0.4) is 0 Å². The standard InChI is InChI=1S/C14H17NS2/c1-4-11(5-1)10-15-14(12-6-2-8-16-12)13-7-3-9-17-13/h2-3,6-9,11,14-15H,1,4-5,10H2. The van der Waals surface area contributed by atoms with Crippen LogP contribution in [0.2, 0.25) is 0 Å². The van der Waals surface area contributed by atoms with Crippen LogP contribution in [0.1, 0.15) is 35.1 Å². The molecule has 1 aliphatic rings. The molecule has 0 spiro atoms. The monoisotopic (exact) mass is 263 g/mol. The Morgan fingerprint density at radius 3 is 2.18 bits per heavy atom. The van der Waals surface area contributed by atoms with E-state index in [-0.39, 0.29) is 0 Å². The van der Waals surface area contributed by atoms with Gasteiger partial charge in [0.2, 0.25) is 0 Å². The molecular formula is C14H17NS2. The molecule has 1 aliphatic carbocycles. The molecule has 3 heteroatoms. The van der Waals surface area contributed by atoms with Gasteiger partial charge in [-0.2, -0.15) is 0 Å². The first-order valence-electron chi connectivity index (χ1n) is 6.23. The zero-order valence-electron chi connectivity index (χ0n) is 9.76. The molecule has 0 aromatic carbocycles. The lowest BCUT2D eigenvalue weighted by Gasteiger charge is -2.28. The summed E-state index contributed by atoms with van der Waals surface area (Å²) in [5.74, 6) is 0.914. The van der Waals surface area contributed by atoms with E-state index in [1.165, 1.54) is 35.6 Å². The molecule has 0 amide bonds. The van der Waals surface area contributed by atoms with E-state index in [0.717, 1.165) is 5.92 Å². The van der Waals surface area contributed by atoms with Gasteiger partial charge in [-0.25, -0.2) is 0 Å². The molecule has 2 aromatic rings. The zero-order chi connectivity index (χ0) is 11.5.